The van der Waals surface area contributed by atoms with Crippen LogP contribution in [0.15, 0.2) is 44.1 Å². The molecule has 0 atom stereocenters. The zero-order valence-corrected chi connectivity index (χ0v) is 18.5. The molecule has 1 fully saturated rings. The molecule has 0 N–H and O–H groups in total. The van der Waals surface area contributed by atoms with Crippen molar-refractivity contribution < 1.29 is 8.83 Å². The maximum atomic E-state index is 12.3. The van der Waals surface area contributed by atoms with Gasteiger partial charge in [-0.25, -0.2) is 4.79 Å². The van der Waals surface area contributed by atoms with Gasteiger partial charge in [-0.2, -0.15) is 0 Å². The molecule has 1 aromatic carbocycles. The lowest BCUT2D eigenvalue weighted by Gasteiger charge is -2.20. The molecule has 4 aromatic rings. The van der Waals surface area contributed by atoms with Gasteiger partial charge in [0.15, 0.2) is 5.58 Å². The number of rotatable bonds is 3. The Kier molecular flexibility index (Phi) is 5.14. The maximum absolute atomic E-state index is 12.3. The van der Waals surface area contributed by atoms with E-state index < -0.39 is 0 Å². The fourth-order valence-electron chi connectivity index (χ4n) is 4.62. The van der Waals surface area contributed by atoms with Gasteiger partial charge in [0.25, 0.3) is 0 Å². The third kappa shape index (κ3) is 3.79. The van der Waals surface area contributed by atoms with Crippen LogP contribution < -0.4 is 5.63 Å². The van der Waals surface area contributed by atoms with Crippen LogP contribution in [0.4, 0.5) is 0 Å². The van der Waals surface area contributed by atoms with Crippen LogP contribution in [-0.4, -0.2) is 23.0 Å². The van der Waals surface area contributed by atoms with Gasteiger partial charge in [0.1, 0.15) is 11.3 Å². The normalized spacial score (nSPS) is 15.6. The zero-order valence-electron chi connectivity index (χ0n) is 18.5. The van der Waals surface area contributed by atoms with E-state index in [1.54, 1.807) is 0 Å². The minimum atomic E-state index is -0.370. The first kappa shape index (κ1) is 20.0. The molecule has 0 saturated carbocycles. The minimum Gasteiger partial charge on any atom is -0.454 e. The molecule has 4 heterocycles. The Labute approximate surface area is 181 Å². The van der Waals surface area contributed by atoms with Crippen molar-refractivity contribution in [3.05, 3.63) is 63.3 Å². The van der Waals surface area contributed by atoms with E-state index in [1.807, 2.05) is 26.1 Å². The van der Waals surface area contributed by atoms with Gasteiger partial charge in [0, 0.05) is 35.1 Å². The summed E-state index contributed by atoms with van der Waals surface area (Å²) in [7, 11) is 0. The minimum absolute atomic E-state index is 0.370. The van der Waals surface area contributed by atoms with E-state index in [2.05, 4.69) is 28.9 Å². The van der Waals surface area contributed by atoms with Gasteiger partial charge >= 0.3 is 5.63 Å². The molecule has 0 radical (unpaired) electrons. The molecule has 5 heteroatoms. The highest BCUT2D eigenvalue weighted by Gasteiger charge is 2.18. The number of furan rings is 1. The Morgan fingerprint density at radius 3 is 2.42 bits per heavy atom. The Morgan fingerprint density at radius 1 is 0.903 bits per heavy atom. The second-order valence-electron chi connectivity index (χ2n) is 8.82. The first-order valence-corrected chi connectivity index (χ1v) is 11.2. The van der Waals surface area contributed by atoms with Crippen LogP contribution in [0.25, 0.3) is 33.3 Å². The summed E-state index contributed by atoms with van der Waals surface area (Å²) in [6.07, 6.45) is 7.12. The van der Waals surface area contributed by atoms with Crippen LogP contribution in [0.5, 0.6) is 0 Å². The summed E-state index contributed by atoms with van der Waals surface area (Å²) in [5.74, 6) is 0.685. The smallest absolute Gasteiger partial charge is 0.336 e. The fourth-order valence-corrected chi connectivity index (χ4v) is 4.62. The van der Waals surface area contributed by atoms with E-state index in [-0.39, 0.29) is 5.63 Å². The largest absolute Gasteiger partial charge is 0.454 e. The van der Waals surface area contributed by atoms with Crippen LogP contribution in [0.3, 0.4) is 0 Å². The van der Waals surface area contributed by atoms with Crippen LogP contribution in [0.2, 0.25) is 0 Å². The second kappa shape index (κ2) is 7.97. The van der Waals surface area contributed by atoms with E-state index in [0.717, 1.165) is 58.4 Å². The molecule has 1 saturated heterocycles. The lowest BCUT2D eigenvalue weighted by molar-refractivity contribution is 0.277. The molecule has 0 bridgehead atoms. The average Bonchev–Trinajstić information content (AvgIpc) is 3.04. The van der Waals surface area contributed by atoms with Gasteiger partial charge in [-0.05, 0) is 81.6 Å². The van der Waals surface area contributed by atoms with E-state index in [4.69, 9.17) is 8.83 Å². The summed E-state index contributed by atoms with van der Waals surface area (Å²) in [5.41, 5.74) is 6.07. The summed E-state index contributed by atoms with van der Waals surface area (Å²) in [5, 5.41) is 1.97. The molecule has 5 rings (SSSR count). The second-order valence-corrected chi connectivity index (χ2v) is 8.82. The van der Waals surface area contributed by atoms with Crippen LogP contribution in [0.1, 0.15) is 48.1 Å². The summed E-state index contributed by atoms with van der Waals surface area (Å²) >= 11 is 0. The van der Waals surface area contributed by atoms with Gasteiger partial charge in [-0.1, -0.05) is 12.8 Å². The zero-order chi connectivity index (χ0) is 21.5. The summed E-state index contributed by atoms with van der Waals surface area (Å²) in [4.78, 5) is 19.4. The van der Waals surface area contributed by atoms with Crippen molar-refractivity contribution in [2.75, 3.05) is 13.1 Å². The van der Waals surface area contributed by atoms with Gasteiger partial charge in [0.05, 0.1) is 5.69 Å². The topological polar surface area (TPSA) is 59.5 Å². The van der Waals surface area contributed by atoms with Crippen molar-refractivity contribution >= 4 is 21.9 Å². The summed E-state index contributed by atoms with van der Waals surface area (Å²) in [6, 6.07) is 7.60. The van der Waals surface area contributed by atoms with Gasteiger partial charge in [0.2, 0.25) is 0 Å². The number of pyridine rings is 1. The van der Waals surface area contributed by atoms with Crippen molar-refractivity contribution in [3.63, 3.8) is 0 Å². The first-order valence-electron chi connectivity index (χ1n) is 11.2. The lowest BCUT2D eigenvalue weighted by atomic mass is 10.0. The highest BCUT2D eigenvalue weighted by Crippen LogP contribution is 2.35. The number of aryl methyl sites for hydroxylation is 3. The van der Waals surface area contributed by atoms with Crippen LogP contribution in [-0.2, 0) is 6.54 Å². The van der Waals surface area contributed by atoms with Gasteiger partial charge in [-0.15, -0.1) is 0 Å². The number of fused-ring (bicyclic) bond motifs is 2. The SMILES string of the molecule is Cc1cc2oc(=O)cc(-c3cc4c(CN5CCCCCC5)cnc(C)c4o3)c2cc1C. The molecular weight excluding hydrogens is 388 g/mol. The number of likely N-dealkylation sites (tertiary alicyclic amines) is 1. The number of benzene rings is 1. The third-order valence-corrected chi connectivity index (χ3v) is 6.54. The molecule has 0 amide bonds. The highest BCUT2D eigenvalue weighted by atomic mass is 16.4. The van der Waals surface area contributed by atoms with Crippen molar-refractivity contribution in [3.8, 4) is 11.3 Å². The predicted octanol–water partition coefficient (Wildman–Crippen LogP) is 5.90. The monoisotopic (exact) mass is 416 g/mol. The van der Waals surface area contributed by atoms with E-state index in [0.29, 0.717) is 11.3 Å². The van der Waals surface area contributed by atoms with Gasteiger partial charge < -0.3 is 8.83 Å². The van der Waals surface area contributed by atoms with Crippen molar-refractivity contribution in [1.82, 2.24) is 9.88 Å². The molecule has 0 aliphatic carbocycles. The Morgan fingerprint density at radius 2 is 1.65 bits per heavy atom. The predicted molar refractivity (Wildman–Crippen MR) is 123 cm³/mol. The molecule has 0 unspecified atom stereocenters. The summed E-state index contributed by atoms with van der Waals surface area (Å²) < 4.78 is 11.8. The van der Waals surface area contributed by atoms with E-state index in [1.165, 1.54) is 37.3 Å². The molecule has 1 aliphatic rings. The summed E-state index contributed by atoms with van der Waals surface area (Å²) in [6.45, 7) is 9.18. The fraction of sp³-hybridized carbons (Fsp3) is 0.385. The molecule has 160 valence electrons. The quantitative estimate of drug-likeness (QED) is 0.389. The van der Waals surface area contributed by atoms with Crippen molar-refractivity contribution in [2.24, 2.45) is 0 Å². The Bertz CT molecular complexity index is 1320. The van der Waals surface area contributed by atoms with Crippen LogP contribution >= 0.6 is 0 Å². The lowest BCUT2D eigenvalue weighted by Crippen LogP contribution is -2.24. The molecular formula is C26H28N2O3. The Balaban J connectivity index is 1.64. The number of aromatic nitrogens is 1. The van der Waals surface area contributed by atoms with Crippen molar-refractivity contribution in [1.29, 1.82) is 0 Å². The standard InChI is InChI=1S/C26H28N2O3/c1-16-10-21-22(13-25(29)30-23(21)11-17(16)2)24-12-20-19(14-27-18(3)26(20)31-24)15-28-8-6-4-5-7-9-28/h10-14H,4-9,15H2,1-3H3. The van der Waals surface area contributed by atoms with Gasteiger partial charge in [-0.3, -0.25) is 9.88 Å². The third-order valence-electron chi connectivity index (χ3n) is 6.54. The first-order chi connectivity index (χ1) is 15.0. The number of nitrogens with zero attached hydrogens (tertiary/aromatic N) is 2. The number of hydrogen-bond donors (Lipinski definition) is 0. The molecule has 3 aromatic heterocycles. The Hall–Kier alpha value is -2.92. The average molecular weight is 417 g/mol. The molecule has 5 nitrogen and oxygen atoms in total. The van der Waals surface area contributed by atoms with E-state index in [9.17, 15) is 4.79 Å². The maximum Gasteiger partial charge on any atom is 0.336 e. The highest BCUT2D eigenvalue weighted by molar-refractivity contribution is 5.96. The molecule has 1 aliphatic heterocycles. The molecule has 0 spiro atoms. The van der Waals surface area contributed by atoms with E-state index >= 15 is 0 Å². The van der Waals surface area contributed by atoms with Crippen LogP contribution in [0, 0.1) is 20.8 Å². The molecule has 31 heavy (non-hydrogen) atoms. The number of hydrogen-bond acceptors (Lipinski definition) is 5. The van der Waals surface area contributed by atoms with Crippen molar-refractivity contribution in [2.45, 2.75) is 53.0 Å².